The third-order valence-corrected chi connectivity index (χ3v) is 3.44. The fraction of sp³-hybridized carbons (Fsp3) is 0.571. The molecule has 0 spiro atoms. The van der Waals surface area contributed by atoms with E-state index in [2.05, 4.69) is 28.6 Å². The second-order valence-corrected chi connectivity index (χ2v) is 5.62. The minimum Gasteiger partial charge on any atom is -0.478 e. The van der Waals surface area contributed by atoms with Gasteiger partial charge in [-0.2, -0.15) is 0 Å². The average molecular weight is 278 g/mol. The number of hydrogen-bond donors (Lipinski definition) is 2. The van der Waals surface area contributed by atoms with E-state index in [1.165, 1.54) is 12.3 Å². The molecule has 3 N–H and O–H groups in total. The minimum absolute atomic E-state index is 0.129. The summed E-state index contributed by atoms with van der Waals surface area (Å²) in [7, 11) is 0. The summed E-state index contributed by atoms with van der Waals surface area (Å²) in [5, 5.41) is 8.91. The van der Waals surface area contributed by atoms with E-state index < -0.39 is 5.97 Å². The van der Waals surface area contributed by atoms with Crippen LogP contribution in [0.15, 0.2) is 12.3 Å². The molecular weight excluding hydrogens is 256 g/mol. The van der Waals surface area contributed by atoms with Gasteiger partial charge in [-0.3, -0.25) is 4.90 Å². The predicted molar refractivity (Wildman–Crippen MR) is 79.1 cm³/mol. The standard InChI is InChI=1S/C14H22N4O2/c1-10(2)9-17-3-5-18(6-4-17)13-12(15)7-11(8-16-13)14(19)20/h7-8,10H,3-6,9,15H2,1-2H3,(H,19,20). The molecule has 2 rings (SSSR count). The highest BCUT2D eigenvalue weighted by Crippen LogP contribution is 2.22. The van der Waals surface area contributed by atoms with Gasteiger partial charge in [-0.05, 0) is 12.0 Å². The molecule has 1 aliphatic heterocycles. The predicted octanol–water partition coefficient (Wildman–Crippen LogP) is 1.14. The molecule has 0 atom stereocenters. The van der Waals surface area contributed by atoms with Gasteiger partial charge in [-0.25, -0.2) is 9.78 Å². The maximum Gasteiger partial charge on any atom is 0.337 e. The normalized spacial score (nSPS) is 16.6. The van der Waals surface area contributed by atoms with Gasteiger partial charge in [0.05, 0.1) is 11.3 Å². The zero-order chi connectivity index (χ0) is 14.7. The number of carbonyl (C=O) groups is 1. The summed E-state index contributed by atoms with van der Waals surface area (Å²) >= 11 is 0. The van der Waals surface area contributed by atoms with E-state index in [9.17, 15) is 4.79 Å². The highest BCUT2D eigenvalue weighted by atomic mass is 16.4. The Morgan fingerprint density at radius 3 is 2.55 bits per heavy atom. The van der Waals surface area contributed by atoms with E-state index in [1.54, 1.807) is 0 Å². The summed E-state index contributed by atoms with van der Waals surface area (Å²) in [5.74, 6) is 0.358. The topological polar surface area (TPSA) is 82.7 Å². The lowest BCUT2D eigenvalue weighted by Gasteiger charge is -2.36. The minimum atomic E-state index is -1.00. The van der Waals surface area contributed by atoms with Crippen LogP contribution in [0.3, 0.4) is 0 Å². The number of carboxylic acids is 1. The first-order valence-electron chi connectivity index (χ1n) is 6.93. The molecule has 0 saturated carbocycles. The molecule has 1 aromatic heterocycles. The van der Waals surface area contributed by atoms with Gasteiger partial charge in [-0.1, -0.05) is 13.8 Å². The SMILES string of the molecule is CC(C)CN1CCN(c2ncc(C(=O)O)cc2N)CC1. The molecular formula is C14H22N4O2. The van der Waals surface area contributed by atoms with Gasteiger partial charge in [0, 0.05) is 38.9 Å². The van der Waals surface area contributed by atoms with Crippen molar-refractivity contribution >= 4 is 17.5 Å². The molecule has 1 aliphatic rings. The van der Waals surface area contributed by atoms with Crippen LogP contribution in [0.2, 0.25) is 0 Å². The van der Waals surface area contributed by atoms with Crippen molar-refractivity contribution in [2.45, 2.75) is 13.8 Å². The number of nitrogen functional groups attached to an aromatic ring is 1. The van der Waals surface area contributed by atoms with Gasteiger partial charge in [0.2, 0.25) is 0 Å². The van der Waals surface area contributed by atoms with Gasteiger partial charge < -0.3 is 15.7 Å². The number of hydrogen-bond acceptors (Lipinski definition) is 5. The van der Waals surface area contributed by atoms with Crippen LogP contribution in [0.5, 0.6) is 0 Å². The van der Waals surface area contributed by atoms with Crippen LogP contribution in [0, 0.1) is 5.92 Å². The number of nitrogens with two attached hydrogens (primary N) is 1. The van der Waals surface area contributed by atoms with E-state index in [1.807, 2.05) is 0 Å². The lowest BCUT2D eigenvalue weighted by molar-refractivity contribution is 0.0696. The molecule has 1 fully saturated rings. The second kappa shape index (κ2) is 6.09. The highest BCUT2D eigenvalue weighted by molar-refractivity contribution is 5.89. The largest absolute Gasteiger partial charge is 0.478 e. The van der Waals surface area contributed by atoms with Crippen molar-refractivity contribution in [2.75, 3.05) is 43.4 Å². The van der Waals surface area contributed by atoms with E-state index in [4.69, 9.17) is 10.8 Å². The van der Waals surface area contributed by atoms with E-state index in [0.29, 0.717) is 17.4 Å². The van der Waals surface area contributed by atoms with Crippen molar-refractivity contribution in [1.82, 2.24) is 9.88 Å². The van der Waals surface area contributed by atoms with Gasteiger partial charge in [0.25, 0.3) is 0 Å². The van der Waals surface area contributed by atoms with Crippen LogP contribution >= 0.6 is 0 Å². The lowest BCUT2D eigenvalue weighted by Crippen LogP contribution is -2.47. The van der Waals surface area contributed by atoms with Crippen LogP contribution in [0.1, 0.15) is 24.2 Å². The maximum absolute atomic E-state index is 10.9. The molecule has 110 valence electrons. The summed E-state index contributed by atoms with van der Waals surface area (Å²) in [6, 6.07) is 1.48. The molecule has 0 aromatic carbocycles. The molecule has 1 aromatic rings. The molecule has 6 heteroatoms. The van der Waals surface area contributed by atoms with Crippen molar-refractivity contribution in [1.29, 1.82) is 0 Å². The van der Waals surface area contributed by atoms with Crippen LogP contribution in [-0.4, -0.2) is 53.7 Å². The summed E-state index contributed by atoms with van der Waals surface area (Å²) < 4.78 is 0. The first-order valence-corrected chi connectivity index (χ1v) is 6.93. The Kier molecular flexibility index (Phi) is 4.44. The molecule has 0 aliphatic carbocycles. The van der Waals surface area contributed by atoms with Crippen molar-refractivity contribution < 1.29 is 9.90 Å². The number of carboxylic acid groups (broad SMARTS) is 1. The van der Waals surface area contributed by atoms with Crippen molar-refractivity contribution in [3.63, 3.8) is 0 Å². The summed E-state index contributed by atoms with van der Waals surface area (Å²) in [4.78, 5) is 19.6. The number of rotatable bonds is 4. The number of aromatic nitrogens is 1. The quantitative estimate of drug-likeness (QED) is 0.859. The fourth-order valence-corrected chi connectivity index (χ4v) is 2.51. The number of piperazine rings is 1. The zero-order valence-corrected chi connectivity index (χ0v) is 12.0. The van der Waals surface area contributed by atoms with Gasteiger partial charge >= 0.3 is 5.97 Å². The molecule has 1 saturated heterocycles. The Morgan fingerprint density at radius 1 is 1.40 bits per heavy atom. The molecule has 0 bridgehead atoms. The molecule has 6 nitrogen and oxygen atoms in total. The first-order chi connectivity index (χ1) is 9.47. The average Bonchev–Trinajstić information content (AvgIpc) is 2.39. The Labute approximate surface area is 119 Å². The molecule has 0 radical (unpaired) electrons. The van der Waals surface area contributed by atoms with Gasteiger partial charge in [0.15, 0.2) is 5.82 Å². The maximum atomic E-state index is 10.9. The van der Waals surface area contributed by atoms with Crippen LogP contribution in [-0.2, 0) is 0 Å². The van der Waals surface area contributed by atoms with E-state index in [-0.39, 0.29) is 5.56 Å². The summed E-state index contributed by atoms with van der Waals surface area (Å²) in [5.41, 5.74) is 6.49. The Bertz CT molecular complexity index is 482. The zero-order valence-electron chi connectivity index (χ0n) is 12.0. The Balaban J connectivity index is 2.02. The monoisotopic (exact) mass is 278 g/mol. The first kappa shape index (κ1) is 14.6. The van der Waals surface area contributed by atoms with Crippen LogP contribution in [0.4, 0.5) is 11.5 Å². The third-order valence-electron chi connectivity index (χ3n) is 3.44. The molecule has 0 unspecified atom stereocenters. The van der Waals surface area contributed by atoms with E-state index in [0.717, 1.165) is 32.7 Å². The smallest absolute Gasteiger partial charge is 0.337 e. The number of anilines is 2. The van der Waals surface area contributed by atoms with Gasteiger partial charge in [-0.15, -0.1) is 0 Å². The van der Waals surface area contributed by atoms with Gasteiger partial charge in [0.1, 0.15) is 0 Å². The van der Waals surface area contributed by atoms with Crippen molar-refractivity contribution in [2.24, 2.45) is 5.92 Å². The summed E-state index contributed by atoms with van der Waals surface area (Å²) in [6.45, 7) is 9.26. The van der Waals surface area contributed by atoms with Crippen LogP contribution in [0.25, 0.3) is 0 Å². The number of nitrogens with zero attached hydrogens (tertiary/aromatic N) is 3. The fourth-order valence-electron chi connectivity index (χ4n) is 2.51. The van der Waals surface area contributed by atoms with Crippen molar-refractivity contribution in [3.05, 3.63) is 17.8 Å². The molecule has 2 heterocycles. The third kappa shape index (κ3) is 3.39. The summed E-state index contributed by atoms with van der Waals surface area (Å²) in [6.07, 6.45) is 1.37. The second-order valence-electron chi connectivity index (χ2n) is 5.62. The van der Waals surface area contributed by atoms with Crippen LogP contribution < -0.4 is 10.6 Å². The van der Waals surface area contributed by atoms with Crippen molar-refractivity contribution in [3.8, 4) is 0 Å². The lowest BCUT2D eigenvalue weighted by atomic mass is 10.2. The Hall–Kier alpha value is -1.82. The molecule has 0 amide bonds. The number of aromatic carboxylic acids is 1. The Morgan fingerprint density at radius 2 is 2.05 bits per heavy atom. The number of pyridine rings is 1. The van der Waals surface area contributed by atoms with E-state index >= 15 is 0 Å². The highest BCUT2D eigenvalue weighted by Gasteiger charge is 2.20. The molecule has 20 heavy (non-hydrogen) atoms.